The fourth-order valence-corrected chi connectivity index (χ4v) is 3.72. The molecule has 1 aliphatic heterocycles. The van der Waals surface area contributed by atoms with Gasteiger partial charge in [0.05, 0.1) is 18.2 Å². The van der Waals surface area contributed by atoms with Gasteiger partial charge in [0, 0.05) is 23.3 Å². The zero-order chi connectivity index (χ0) is 20.4. The maximum absolute atomic E-state index is 12.8. The second-order valence-electron chi connectivity index (χ2n) is 7.05. The summed E-state index contributed by atoms with van der Waals surface area (Å²) in [6.07, 6.45) is 1.74. The molecule has 0 spiro atoms. The fraction of sp³-hybridized carbons (Fsp3) is 0.261. The summed E-state index contributed by atoms with van der Waals surface area (Å²) in [6, 6.07) is 14.8. The first-order chi connectivity index (χ1) is 14.1. The lowest BCUT2D eigenvalue weighted by Gasteiger charge is -2.29. The Labute approximate surface area is 169 Å². The van der Waals surface area contributed by atoms with Crippen molar-refractivity contribution >= 4 is 28.5 Å². The maximum Gasteiger partial charge on any atom is 0.339 e. The largest absolute Gasteiger partial charge is 0.497 e. The van der Waals surface area contributed by atoms with Crippen molar-refractivity contribution in [2.75, 3.05) is 25.2 Å². The number of anilines is 1. The number of fused-ring (bicyclic) bond motifs is 2. The SMILES string of the molecule is COc1ccc2c(c1)CCCN2C(=O)COC(=O)c1cc(C)nc2ccccc12. The Kier molecular flexibility index (Phi) is 5.16. The van der Waals surface area contributed by atoms with E-state index >= 15 is 0 Å². The van der Waals surface area contributed by atoms with Gasteiger partial charge in [-0.2, -0.15) is 0 Å². The first-order valence-corrected chi connectivity index (χ1v) is 9.57. The molecule has 2 heterocycles. The molecule has 0 bridgehead atoms. The molecule has 0 saturated carbocycles. The quantitative estimate of drug-likeness (QED) is 0.636. The van der Waals surface area contributed by atoms with Crippen LogP contribution in [0.2, 0.25) is 0 Å². The number of ether oxygens (including phenoxy) is 2. The van der Waals surface area contributed by atoms with Gasteiger partial charge >= 0.3 is 5.97 Å². The molecule has 6 heteroatoms. The van der Waals surface area contributed by atoms with Crippen molar-refractivity contribution in [3.05, 3.63) is 65.4 Å². The zero-order valence-corrected chi connectivity index (χ0v) is 16.5. The van der Waals surface area contributed by atoms with Crippen LogP contribution in [0.25, 0.3) is 10.9 Å². The van der Waals surface area contributed by atoms with Crippen LogP contribution in [-0.2, 0) is 16.0 Å². The second kappa shape index (κ2) is 7.91. The number of aryl methyl sites for hydroxylation is 2. The molecule has 29 heavy (non-hydrogen) atoms. The summed E-state index contributed by atoms with van der Waals surface area (Å²) < 4.78 is 10.7. The first kappa shape index (κ1) is 18.9. The third-order valence-corrected chi connectivity index (χ3v) is 5.10. The Bertz CT molecular complexity index is 1090. The fourth-order valence-electron chi connectivity index (χ4n) is 3.72. The Morgan fingerprint density at radius 3 is 2.79 bits per heavy atom. The van der Waals surface area contributed by atoms with Crippen molar-refractivity contribution in [1.29, 1.82) is 0 Å². The van der Waals surface area contributed by atoms with E-state index in [1.165, 1.54) is 0 Å². The maximum atomic E-state index is 12.8. The van der Waals surface area contributed by atoms with Gasteiger partial charge in [-0.15, -0.1) is 0 Å². The van der Waals surface area contributed by atoms with Crippen molar-refractivity contribution < 1.29 is 19.1 Å². The number of hydrogen-bond acceptors (Lipinski definition) is 5. The van der Waals surface area contributed by atoms with Crippen LogP contribution < -0.4 is 9.64 Å². The van der Waals surface area contributed by atoms with Gasteiger partial charge in [0.25, 0.3) is 5.91 Å². The number of pyridine rings is 1. The van der Waals surface area contributed by atoms with Crippen molar-refractivity contribution in [3.8, 4) is 5.75 Å². The van der Waals surface area contributed by atoms with Crippen LogP contribution >= 0.6 is 0 Å². The average molecular weight is 390 g/mol. The van der Waals surface area contributed by atoms with E-state index in [2.05, 4.69) is 4.98 Å². The normalized spacial score (nSPS) is 13.1. The van der Waals surface area contributed by atoms with Gasteiger partial charge in [0.1, 0.15) is 5.75 Å². The highest BCUT2D eigenvalue weighted by Gasteiger charge is 2.24. The van der Waals surface area contributed by atoms with Gasteiger partial charge in [0.15, 0.2) is 6.61 Å². The highest BCUT2D eigenvalue weighted by molar-refractivity contribution is 6.04. The van der Waals surface area contributed by atoms with E-state index in [1.807, 2.05) is 49.4 Å². The van der Waals surface area contributed by atoms with E-state index in [4.69, 9.17) is 9.47 Å². The molecule has 1 aromatic heterocycles. The third-order valence-electron chi connectivity index (χ3n) is 5.10. The Morgan fingerprint density at radius 2 is 1.97 bits per heavy atom. The van der Waals surface area contributed by atoms with Crippen molar-refractivity contribution in [2.45, 2.75) is 19.8 Å². The van der Waals surface area contributed by atoms with Crippen LogP contribution in [0.3, 0.4) is 0 Å². The second-order valence-corrected chi connectivity index (χ2v) is 7.05. The number of carbonyl (C=O) groups excluding carboxylic acids is 2. The van der Waals surface area contributed by atoms with Crippen LogP contribution in [0.5, 0.6) is 5.75 Å². The van der Waals surface area contributed by atoms with Gasteiger partial charge in [-0.1, -0.05) is 18.2 Å². The molecule has 6 nitrogen and oxygen atoms in total. The molecule has 0 aliphatic carbocycles. The van der Waals surface area contributed by atoms with E-state index in [0.717, 1.165) is 41.1 Å². The molecule has 0 radical (unpaired) electrons. The Morgan fingerprint density at radius 1 is 1.14 bits per heavy atom. The minimum atomic E-state index is -0.521. The van der Waals surface area contributed by atoms with Crippen molar-refractivity contribution in [3.63, 3.8) is 0 Å². The average Bonchev–Trinajstić information content (AvgIpc) is 2.75. The number of benzene rings is 2. The summed E-state index contributed by atoms with van der Waals surface area (Å²) in [7, 11) is 1.62. The smallest absolute Gasteiger partial charge is 0.339 e. The van der Waals surface area contributed by atoms with E-state index in [9.17, 15) is 9.59 Å². The van der Waals surface area contributed by atoms with Gasteiger partial charge in [-0.3, -0.25) is 9.78 Å². The minimum absolute atomic E-state index is 0.237. The lowest BCUT2D eigenvalue weighted by atomic mass is 10.0. The molecule has 1 amide bonds. The number of aromatic nitrogens is 1. The molecule has 0 N–H and O–H groups in total. The lowest BCUT2D eigenvalue weighted by molar-refractivity contribution is -0.121. The van der Waals surface area contributed by atoms with Crippen LogP contribution in [0, 0.1) is 6.92 Å². The summed E-state index contributed by atoms with van der Waals surface area (Å²) in [5.74, 6) is 0.0102. The molecular weight excluding hydrogens is 368 g/mol. The zero-order valence-electron chi connectivity index (χ0n) is 16.5. The molecule has 1 aliphatic rings. The van der Waals surface area contributed by atoms with E-state index in [1.54, 1.807) is 18.1 Å². The van der Waals surface area contributed by atoms with Crippen LogP contribution in [-0.4, -0.2) is 37.1 Å². The van der Waals surface area contributed by atoms with Crippen molar-refractivity contribution in [2.24, 2.45) is 0 Å². The number of nitrogens with zero attached hydrogens (tertiary/aromatic N) is 2. The molecule has 4 rings (SSSR count). The molecule has 0 fully saturated rings. The Balaban J connectivity index is 1.51. The molecular formula is C23H22N2O4. The summed E-state index contributed by atoms with van der Waals surface area (Å²) >= 11 is 0. The lowest BCUT2D eigenvalue weighted by Crippen LogP contribution is -2.38. The van der Waals surface area contributed by atoms with E-state index < -0.39 is 5.97 Å². The number of amides is 1. The van der Waals surface area contributed by atoms with E-state index in [-0.39, 0.29) is 12.5 Å². The summed E-state index contributed by atoms with van der Waals surface area (Å²) in [6.45, 7) is 2.13. The van der Waals surface area contributed by atoms with Gasteiger partial charge < -0.3 is 14.4 Å². The van der Waals surface area contributed by atoms with Gasteiger partial charge in [-0.05, 0) is 55.7 Å². The Hall–Kier alpha value is -3.41. The molecule has 148 valence electrons. The summed E-state index contributed by atoms with van der Waals surface area (Å²) in [5, 5.41) is 0.714. The molecule has 0 saturated heterocycles. The number of carbonyl (C=O) groups is 2. The highest BCUT2D eigenvalue weighted by Crippen LogP contribution is 2.30. The first-order valence-electron chi connectivity index (χ1n) is 9.57. The number of hydrogen-bond donors (Lipinski definition) is 0. The predicted octanol–water partition coefficient (Wildman–Crippen LogP) is 3.69. The topological polar surface area (TPSA) is 68.7 Å². The minimum Gasteiger partial charge on any atom is -0.497 e. The summed E-state index contributed by atoms with van der Waals surface area (Å²) in [5.41, 5.74) is 3.78. The highest BCUT2D eigenvalue weighted by atomic mass is 16.5. The standard InChI is InChI=1S/C23H22N2O4/c1-15-12-19(18-7-3-4-8-20(18)24-15)23(27)29-14-22(26)25-11-5-6-16-13-17(28-2)9-10-21(16)25/h3-4,7-10,12-13H,5-6,11,14H2,1-2H3. The van der Waals surface area contributed by atoms with Crippen LogP contribution in [0.1, 0.15) is 28.0 Å². The van der Waals surface area contributed by atoms with Crippen LogP contribution in [0.4, 0.5) is 5.69 Å². The van der Waals surface area contributed by atoms with E-state index in [0.29, 0.717) is 17.5 Å². The number of para-hydroxylation sites is 1. The third kappa shape index (κ3) is 3.78. The molecule has 0 unspecified atom stereocenters. The number of methoxy groups -OCH3 is 1. The molecule has 3 aromatic rings. The van der Waals surface area contributed by atoms with Gasteiger partial charge in [-0.25, -0.2) is 4.79 Å². The van der Waals surface area contributed by atoms with Crippen LogP contribution in [0.15, 0.2) is 48.5 Å². The number of esters is 1. The molecule has 0 atom stereocenters. The predicted molar refractivity (Wildman–Crippen MR) is 110 cm³/mol. The summed E-state index contributed by atoms with van der Waals surface area (Å²) in [4.78, 5) is 31.6. The monoisotopic (exact) mass is 390 g/mol. The number of rotatable bonds is 4. The van der Waals surface area contributed by atoms with Crippen molar-refractivity contribution in [1.82, 2.24) is 4.98 Å². The van der Waals surface area contributed by atoms with Gasteiger partial charge in [0.2, 0.25) is 0 Å². The molecule has 2 aromatic carbocycles.